The van der Waals surface area contributed by atoms with E-state index in [0.29, 0.717) is 18.5 Å². The van der Waals surface area contributed by atoms with Crippen LogP contribution in [0.4, 0.5) is 0 Å². The highest BCUT2D eigenvalue weighted by Gasteiger charge is 2.28. The Labute approximate surface area is 126 Å². The summed E-state index contributed by atoms with van der Waals surface area (Å²) in [5.74, 6) is 0.265. The standard InChI is InChI=1S/C18H24N2O/c1-12-9-16-10-15(7-8-17(16)19-12)11-18(21)20-13(2)5-4-6-14(20)3/h7-10,13-14,19H,4-6,11H2,1-3H3. The molecule has 1 aliphatic rings. The highest BCUT2D eigenvalue weighted by Crippen LogP contribution is 2.24. The van der Waals surface area contributed by atoms with Gasteiger partial charge in [-0.1, -0.05) is 6.07 Å². The van der Waals surface area contributed by atoms with Gasteiger partial charge in [0.1, 0.15) is 0 Å². The largest absolute Gasteiger partial charge is 0.359 e. The first-order valence-electron chi connectivity index (χ1n) is 7.94. The van der Waals surface area contributed by atoms with Crippen molar-refractivity contribution in [2.45, 2.75) is 58.5 Å². The zero-order valence-corrected chi connectivity index (χ0v) is 13.1. The van der Waals surface area contributed by atoms with Crippen molar-refractivity contribution in [2.75, 3.05) is 0 Å². The van der Waals surface area contributed by atoms with Crippen molar-refractivity contribution in [3.8, 4) is 0 Å². The lowest BCUT2D eigenvalue weighted by molar-refractivity contribution is -0.136. The van der Waals surface area contributed by atoms with E-state index in [4.69, 9.17) is 0 Å². The van der Waals surface area contributed by atoms with E-state index in [2.05, 4.69) is 54.9 Å². The summed E-state index contributed by atoms with van der Waals surface area (Å²) >= 11 is 0. The number of likely N-dealkylation sites (tertiary alicyclic amines) is 1. The molecular formula is C18H24N2O. The smallest absolute Gasteiger partial charge is 0.227 e. The Kier molecular flexibility index (Phi) is 3.75. The van der Waals surface area contributed by atoms with E-state index >= 15 is 0 Å². The van der Waals surface area contributed by atoms with Crippen LogP contribution in [-0.2, 0) is 11.2 Å². The highest BCUT2D eigenvalue weighted by molar-refractivity contribution is 5.84. The van der Waals surface area contributed by atoms with E-state index in [-0.39, 0.29) is 5.91 Å². The van der Waals surface area contributed by atoms with Crippen LogP contribution in [0.1, 0.15) is 44.4 Å². The van der Waals surface area contributed by atoms with E-state index in [9.17, 15) is 4.79 Å². The average molecular weight is 284 g/mol. The first-order chi connectivity index (χ1) is 10.0. The SMILES string of the molecule is Cc1cc2cc(CC(=O)N3C(C)CCCC3C)ccc2[nH]1. The molecule has 1 amide bonds. The third-order valence-corrected chi connectivity index (χ3v) is 4.66. The van der Waals surface area contributed by atoms with Gasteiger partial charge in [-0.15, -0.1) is 0 Å². The molecule has 0 bridgehead atoms. The molecular weight excluding hydrogens is 260 g/mol. The maximum atomic E-state index is 12.6. The topological polar surface area (TPSA) is 36.1 Å². The number of amides is 1. The van der Waals surface area contributed by atoms with Gasteiger partial charge in [-0.2, -0.15) is 0 Å². The molecule has 1 aromatic heterocycles. The lowest BCUT2D eigenvalue weighted by Crippen LogP contribution is -2.48. The minimum atomic E-state index is 0.265. The summed E-state index contributed by atoms with van der Waals surface area (Å²) in [6.45, 7) is 6.40. The van der Waals surface area contributed by atoms with E-state index in [1.807, 2.05) is 0 Å². The van der Waals surface area contributed by atoms with Gasteiger partial charge in [0, 0.05) is 23.3 Å². The molecule has 3 rings (SSSR count). The molecule has 1 saturated heterocycles. The van der Waals surface area contributed by atoms with Gasteiger partial charge in [0.2, 0.25) is 5.91 Å². The number of aromatic nitrogens is 1. The lowest BCUT2D eigenvalue weighted by atomic mass is 9.96. The van der Waals surface area contributed by atoms with Crippen molar-refractivity contribution < 1.29 is 4.79 Å². The number of aromatic amines is 1. The molecule has 2 unspecified atom stereocenters. The van der Waals surface area contributed by atoms with Crippen LogP contribution < -0.4 is 0 Å². The number of carbonyl (C=O) groups is 1. The fraction of sp³-hybridized carbons (Fsp3) is 0.500. The van der Waals surface area contributed by atoms with Crippen LogP contribution in [0.25, 0.3) is 10.9 Å². The molecule has 0 radical (unpaired) electrons. The molecule has 112 valence electrons. The van der Waals surface area contributed by atoms with Crippen LogP contribution >= 0.6 is 0 Å². The summed E-state index contributed by atoms with van der Waals surface area (Å²) in [5.41, 5.74) is 3.41. The van der Waals surface area contributed by atoms with Crippen LogP contribution in [0.15, 0.2) is 24.3 Å². The first kappa shape index (κ1) is 14.2. The maximum absolute atomic E-state index is 12.6. The summed E-state index contributed by atoms with van der Waals surface area (Å²) < 4.78 is 0. The minimum absolute atomic E-state index is 0.265. The number of piperidine rings is 1. The fourth-order valence-corrected chi connectivity index (χ4v) is 3.62. The number of nitrogens with zero attached hydrogens (tertiary/aromatic N) is 1. The zero-order chi connectivity index (χ0) is 15.0. The lowest BCUT2D eigenvalue weighted by Gasteiger charge is -2.39. The monoisotopic (exact) mass is 284 g/mol. The Bertz CT molecular complexity index is 648. The summed E-state index contributed by atoms with van der Waals surface area (Å²) in [4.78, 5) is 18.1. The minimum Gasteiger partial charge on any atom is -0.359 e. The number of benzene rings is 1. The molecule has 0 spiro atoms. The van der Waals surface area contributed by atoms with Gasteiger partial charge in [-0.25, -0.2) is 0 Å². The number of carbonyl (C=O) groups excluding carboxylic acids is 1. The first-order valence-corrected chi connectivity index (χ1v) is 7.94. The molecule has 1 aliphatic heterocycles. The molecule has 0 saturated carbocycles. The summed E-state index contributed by atoms with van der Waals surface area (Å²) in [6.07, 6.45) is 4.01. The van der Waals surface area contributed by atoms with E-state index in [1.54, 1.807) is 0 Å². The number of fused-ring (bicyclic) bond motifs is 1. The van der Waals surface area contributed by atoms with Crippen LogP contribution in [0.5, 0.6) is 0 Å². The van der Waals surface area contributed by atoms with E-state index in [0.717, 1.165) is 29.6 Å². The predicted molar refractivity (Wildman–Crippen MR) is 86.4 cm³/mol. The molecule has 1 aromatic carbocycles. The molecule has 1 fully saturated rings. The Hall–Kier alpha value is -1.77. The van der Waals surface area contributed by atoms with Crippen molar-refractivity contribution in [1.82, 2.24) is 9.88 Å². The van der Waals surface area contributed by atoms with Gasteiger partial charge >= 0.3 is 0 Å². The predicted octanol–water partition coefficient (Wildman–Crippen LogP) is 3.81. The third-order valence-electron chi connectivity index (χ3n) is 4.66. The molecule has 2 heterocycles. The molecule has 3 nitrogen and oxygen atoms in total. The summed E-state index contributed by atoms with van der Waals surface area (Å²) in [7, 11) is 0. The van der Waals surface area contributed by atoms with Crippen molar-refractivity contribution in [3.63, 3.8) is 0 Å². The second-order valence-electron chi connectivity index (χ2n) is 6.48. The summed E-state index contributed by atoms with van der Waals surface area (Å²) in [6, 6.07) is 9.16. The normalized spacial score (nSPS) is 22.7. The van der Waals surface area contributed by atoms with Crippen LogP contribution in [0.3, 0.4) is 0 Å². The van der Waals surface area contributed by atoms with Crippen molar-refractivity contribution in [1.29, 1.82) is 0 Å². The Morgan fingerprint density at radius 3 is 2.67 bits per heavy atom. The van der Waals surface area contributed by atoms with Crippen molar-refractivity contribution in [3.05, 3.63) is 35.5 Å². The Morgan fingerprint density at radius 1 is 1.24 bits per heavy atom. The number of nitrogens with one attached hydrogen (secondary N) is 1. The van der Waals surface area contributed by atoms with Crippen LogP contribution in [0, 0.1) is 6.92 Å². The van der Waals surface area contributed by atoms with Gasteiger partial charge in [-0.05, 0) is 69.2 Å². The highest BCUT2D eigenvalue weighted by atomic mass is 16.2. The number of hydrogen-bond acceptors (Lipinski definition) is 1. The van der Waals surface area contributed by atoms with Crippen LogP contribution in [0.2, 0.25) is 0 Å². The van der Waals surface area contributed by atoms with Gasteiger partial charge in [0.25, 0.3) is 0 Å². The number of rotatable bonds is 2. The summed E-state index contributed by atoms with van der Waals surface area (Å²) in [5, 5.41) is 1.19. The molecule has 2 aromatic rings. The Balaban J connectivity index is 1.78. The van der Waals surface area contributed by atoms with Gasteiger partial charge in [0.05, 0.1) is 6.42 Å². The molecule has 1 N–H and O–H groups in total. The third kappa shape index (κ3) is 2.82. The van der Waals surface area contributed by atoms with Crippen molar-refractivity contribution in [2.24, 2.45) is 0 Å². The fourth-order valence-electron chi connectivity index (χ4n) is 3.62. The zero-order valence-electron chi connectivity index (χ0n) is 13.1. The van der Waals surface area contributed by atoms with Crippen LogP contribution in [-0.4, -0.2) is 27.9 Å². The molecule has 0 aliphatic carbocycles. The van der Waals surface area contributed by atoms with Gasteiger partial charge in [-0.3, -0.25) is 4.79 Å². The maximum Gasteiger partial charge on any atom is 0.227 e. The average Bonchev–Trinajstić information content (AvgIpc) is 2.77. The molecule has 2 atom stereocenters. The van der Waals surface area contributed by atoms with Gasteiger partial charge < -0.3 is 9.88 Å². The number of hydrogen-bond donors (Lipinski definition) is 1. The second-order valence-corrected chi connectivity index (χ2v) is 6.48. The Morgan fingerprint density at radius 2 is 1.95 bits per heavy atom. The molecule has 21 heavy (non-hydrogen) atoms. The second kappa shape index (κ2) is 5.55. The quantitative estimate of drug-likeness (QED) is 0.894. The van der Waals surface area contributed by atoms with Gasteiger partial charge in [0.15, 0.2) is 0 Å². The van der Waals surface area contributed by atoms with E-state index < -0.39 is 0 Å². The van der Waals surface area contributed by atoms with E-state index in [1.165, 1.54) is 11.8 Å². The number of H-pyrrole nitrogens is 1. The molecule has 3 heteroatoms. The number of aryl methyl sites for hydroxylation is 1. The van der Waals surface area contributed by atoms with Crippen molar-refractivity contribution >= 4 is 16.8 Å².